The second-order valence-corrected chi connectivity index (χ2v) is 7.71. The molecule has 7 heteroatoms. The predicted molar refractivity (Wildman–Crippen MR) is 121 cm³/mol. The first-order chi connectivity index (χ1) is 15.7. The van der Waals surface area contributed by atoms with Gasteiger partial charge in [0.1, 0.15) is 0 Å². The van der Waals surface area contributed by atoms with E-state index in [0.717, 1.165) is 34.5 Å². The summed E-state index contributed by atoms with van der Waals surface area (Å²) >= 11 is 0. The zero-order chi connectivity index (χ0) is 23.6. The molecule has 0 saturated heterocycles. The number of hydrogen-bond donors (Lipinski definition) is 1. The molecule has 2 N–H and O–H groups in total. The molecule has 0 saturated carbocycles. The molecule has 4 aromatic rings. The van der Waals surface area contributed by atoms with E-state index in [1.807, 2.05) is 61.5 Å². The van der Waals surface area contributed by atoms with Gasteiger partial charge in [-0.05, 0) is 66.1 Å². The number of aryl methyl sites for hydroxylation is 1. The maximum Gasteiger partial charge on any atom is 0.416 e. The number of rotatable bonds is 5. The third kappa shape index (κ3) is 5.26. The van der Waals surface area contributed by atoms with Crippen molar-refractivity contribution in [3.63, 3.8) is 0 Å². The van der Waals surface area contributed by atoms with Crippen LogP contribution < -0.4 is 5.73 Å². The van der Waals surface area contributed by atoms with Crippen LogP contribution in [0.3, 0.4) is 0 Å². The van der Waals surface area contributed by atoms with Gasteiger partial charge >= 0.3 is 6.18 Å². The molecular weight excluding hydrogens is 427 g/mol. The number of primary amides is 1. The molecule has 0 aliphatic rings. The second-order valence-electron chi connectivity index (χ2n) is 7.71. The quantitative estimate of drug-likeness (QED) is 0.418. The monoisotopic (exact) mass is 447 g/mol. The van der Waals surface area contributed by atoms with Gasteiger partial charge < -0.3 is 5.73 Å². The molecule has 0 spiro atoms. The van der Waals surface area contributed by atoms with Crippen LogP contribution in [-0.2, 0) is 17.4 Å². The lowest BCUT2D eigenvalue weighted by molar-refractivity contribution is -0.137. The Kier molecular flexibility index (Phi) is 5.96. The summed E-state index contributed by atoms with van der Waals surface area (Å²) in [6.07, 6.45) is -4.24. The van der Waals surface area contributed by atoms with Crippen LogP contribution in [0.1, 0.15) is 16.8 Å². The highest BCUT2D eigenvalue weighted by molar-refractivity contribution is 5.77. The lowest BCUT2D eigenvalue weighted by Gasteiger charge is -2.10. The van der Waals surface area contributed by atoms with Crippen LogP contribution in [-0.4, -0.2) is 15.9 Å². The van der Waals surface area contributed by atoms with Crippen LogP contribution in [0.2, 0.25) is 0 Å². The number of pyridine rings is 2. The van der Waals surface area contributed by atoms with Crippen molar-refractivity contribution in [1.82, 2.24) is 9.97 Å². The third-order valence-corrected chi connectivity index (χ3v) is 5.11. The first-order valence-electron chi connectivity index (χ1n) is 10.2. The van der Waals surface area contributed by atoms with Crippen LogP contribution in [0.5, 0.6) is 0 Å². The number of carbonyl (C=O) groups is 1. The van der Waals surface area contributed by atoms with E-state index in [0.29, 0.717) is 22.6 Å². The van der Waals surface area contributed by atoms with Gasteiger partial charge in [-0.2, -0.15) is 13.2 Å². The number of alkyl halides is 3. The van der Waals surface area contributed by atoms with Crippen molar-refractivity contribution in [3.8, 4) is 33.8 Å². The van der Waals surface area contributed by atoms with Gasteiger partial charge in [-0.25, -0.2) is 4.98 Å². The number of amides is 1. The molecule has 2 heterocycles. The first kappa shape index (κ1) is 22.2. The summed E-state index contributed by atoms with van der Waals surface area (Å²) in [5.74, 6) is -0.409. The van der Waals surface area contributed by atoms with Crippen LogP contribution in [0, 0.1) is 6.92 Å². The van der Waals surface area contributed by atoms with E-state index in [1.54, 1.807) is 0 Å². The van der Waals surface area contributed by atoms with Crippen LogP contribution in [0.4, 0.5) is 13.2 Å². The van der Waals surface area contributed by atoms with E-state index in [-0.39, 0.29) is 6.42 Å². The van der Waals surface area contributed by atoms with Gasteiger partial charge in [0.2, 0.25) is 5.91 Å². The maximum atomic E-state index is 12.9. The highest BCUT2D eigenvalue weighted by Gasteiger charge is 2.30. The summed E-state index contributed by atoms with van der Waals surface area (Å²) < 4.78 is 38.7. The van der Waals surface area contributed by atoms with Crippen molar-refractivity contribution in [1.29, 1.82) is 0 Å². The van der Waals surface area contributed by atoms with Gasteiger partial charge in [-0.1, -0.05) is 36.4 Å². The van der Waals surface area contributed by atoms with E-state index in [9.17, 15) is 18.0 Å². The average Bonchev–Trinajstić information content (AvgIpc) is 2.78. The molecule has 33 heavy (non-hydrogen) atoms. The highest BCUT2D eigenvalue weighted by atomic mass is 19.4. The topological polar surface area (TPSA) is 68.9 Å². The van der Waals surface area contributed by atoms with Crippen molar-refractivity contribution in [2.45, 2.75) is 19.5 Å². The molecule has 2 aromatic heterocycles. The van der Waals surface area contributed by atoms with Gasteiger partial charge in [0.25, 0.3) is 0 Å². The molecule has 0 aliphatic carbocycles. The van der Waals surface area contributed by atoms with Crippen molar-refractivity contribution in [2.75, 3.05) is 0 Å². The average molecular weight is 447 g/mol. The Morgan fingerprint density at radius 2 is 1.48 bits per heavy atom. The minimum Gasteiger partial charge on any atom is -0.369 e. The lowest BCUT2D eigenvalue weighted by Crippen LogP contribution is -2.13. The molecule has 0 radical (unpaired) electrons. The normalized spacial score (nSPS) is 11.4. The van der Waals surface area contributed by atoms with Gasteiger partial charge in [0.15, 0.2) is 0 Å². The van der Waals surface area contributed by atoms with Gasteiger partial charge in [0, 0.05) is 11.3 Å². The van der Waals surface area contributed by atoms with Crippen molar-refractivity contribution < 1.29 is 18.0 Å². The number of aromatic nitrogens is 2. The van der Waals surface area contributed by atoms with E-state index >= 15 is 0 Å². The minimum absolute atomic E-state index is 0.142. The van der Waals surface area contributed by atoms with E-state index in [4.69, 9.17) is 10.7 Å². The zero-order valence-electron chi connectivity index (χ0n) is 17.7. The molecule has 166 valence electrons. The lowest BCUT2D eigenvalue weighted by atomic mass is 10.0. The Balaban J connectivity index is 1.69. The Morgan fingerprint density at radius 1 is 0.788 bits per heavy atom. The SMILES string of the molecule is Cc1cc(-c2ccc(C(F)(F)F)cc2)cc(-c2cccc(-c3cccc(CC(N)=O)c3)n2)n1. The summed E-state index contributed by atoms with van der Waals surface area (Å²) in [7, 11) is 0. The predicted octanol–water partition coefficient (Wildman–Crippen LogP) is 5.83. The van der Waals surface area contributed by atoms with Crippen molar-refractivity contribution >= 4 is 5.91 Å². The molecule has 0 aliphatic heterocycles. The summed E-state index contributed by atoms with van der Waals surface area (Å²) in [5.41, 5.74) is 10.3. The molecule has 0 fully saturated rings. The summed E-state index contributed by atoms with van der Waals surface area (Å²) in [5, 5.41) is 0. The Bertz CT molecular complexity index is 1320. The van der Waals surface area contributed by atoms with Crippen LogP contribution in [0.25, 0.3) is 33.8 Å². The first-order valence-corrected chi connectivity index (χ1v) is 10.2. The maximum absolute atomic E-state index is 12.9. The summed E-state index contributed by atoms with van der Waals surface area (Å²) in [6.45, 7) is 1.83. The van der Waals surface area contributed by atoms with E-state index in [1.165, 1.54) is 12.1 Å². The Morgan fingerprint density at radius 3 is 2.18 bits per heavy atom. The van der Waals surface area contributed by atoms with Crippen LogP contribution in [0.15, 0.2) is 78.9 Å². The molecule has 0 atom stereocenters. The number of benzene rings is 2. The molecule has 2 aromatic carbocycles. The third-order valence-electron chi connectivity index (χ3n) is 5.11. The molecular formula is C26H20F3N3O. The minimum atomic E-state index is -4.38. The van der Waals surface area contributed by atoms with Gasteiger partial charge in [0.05, 0.1) is 29.1 Å². The molecule has 0 bridgehead atoms. The Labute approximate surface area is 188 Å². The smallest absolute Gasteiger partial charge is 0.369 e. The number of nitrogens with zero attached hydrogens (tertiary/aromatic N) is 2. The molecule has 1 amide bonds. The van der Waals surface area contributed by atoms with Crippen molar-refractivity contribution in [3.05, 3.63) is 95.7 Å². The largest absolute Gasteiger partial charge is 0.416 e. The Hall–Kier alpha value is -4.00. The number of hydrogen-bond acceptors (Lipinski definition) is 3. The standard InChI is InChI=1S/C26H20F3N3O/c1-16-12-20(18-8-10-21(11-9-18)26(27,28)29)15-24(31-16)23-7-3-6-22(32-23)19-5-2-4-17(13-19)14-25(30)33/h2-13,15H,14H2,1H3,(H2,30,33). The van der Waals surface area contributed by atoms with Gasteiger partial charge in [-0.3, -0.25) is 9.78 Å². The number of nitrogens with two attached hydrogens (primary N) is 1. The summed E-state index contributed by atoms with van der Waals surface area (Å²) in [4.78, 5) is 20.5. The highest BCUT2D eigenvalue weighted by Crippen LogP contribution is 2.32. The second kappa shape index (κ2) is 8.86. The fourth-order valence-electron chi connectivity index (χ4n) is 3.60. The molecule has 4 nitrogen and oxygen atoms in total. The number of carbonyl (C=O) groups excluding carboxylic acids is 1. The van der Waals surface area contributed by atoms with E-state index < -0.39 is 17.6 Å². The zero-order valence-corrected chi connectivity index (χ0v) is 17.7. The van der Waals surface area contributed by atoms with Crippen LogP contribution >= 0.6 is 0 Å². The van der Waals surface area contributed by atoms with E-state index in [2.05, 4.69) is 4.98 Å². The molecule has 4 rings (SSSR count). The summed E-state index contributed by atoms with van der Waals surface area (Å²) in [6, 6.07) is 21.7. The van der Waals surface area contributed by atoms with Crippen molar-refractivity contribution in [2.24, 2.45) is 5.73 Å². The van der Waals surface area contributed by atoms with Gasteiger partial charge in [-0.15, -0.1) is 0 Å². The fourth-order valence-corrected chi connectivity index (χ4v) is 3.60. The molecule has 0 unspecified atom stereocenters. The number of halogens is 3. The fraction of sp³-hybridized carbons (Fsp3) is 0.115.